The van der Waals surface area contributed by atoms with Crippen LogP contribution in [0.4, 0.5) is 0 Å². The third-order valence-electron chi connectivity index (χ3n) is 2.42. The Labute approximate surface area is 85.9 Å². The summed E-state index contributed by atoms with van der Waals surface area (Å²) in [6.07, 6.45) is 0. The van der Waals surface area contributed by atoms with Crippen molar-refractivity contribution in [1.82, 2.24) is 0 Å². The highest BCUT2D eigenvalue weighted by molar-refractivity contribution is 7.92. The highest BCUT2D eigenvalue weighted by Crippen LogP contribution is 2.24. The molecule has 0 aromatic heterocycles. The predicted molar refractivity (Wildman–Crippen MR) is 58.9 cm³/mol. The van der Waals surface area contributed by atoms with Crippen LogP contribution in [0, 0.1) is 0 Å². The van der Waals surface area contributed by atoms with E-state index in [0.29, 0.717) is 0 Å². The minimum atomic E-state index is -3.03. The van der Waals surface area contributed by atoms with Crippen molar-refractivity contribution in [2.45, 2.75) is 31.3 Å². The Kier molecular flexibility index (Phi) is 3.32. The van der Waals surface area contributed by atoms with E-state index >= 15 is 0 Å². The molecule has 1 aromatic rings. The average molecular weight is 212 g/mol. The lowest BCUT2D eigenvalue weighted by Crippen LogP contribution is -2.20. The minimum Gasteiger partial charge on any atom is -0.228 e. The molecule has 0 fully saturated rings. The van der Waals surface area contributed by atoms with Gasteiger partial charge in [-0.2, -0.15) is 0 Å². The summed E-state index contributed by atoms with van der Waals surface area (Å²) in [5, 5.41) is -0.735. The number of hydrogen-bond acceptors (Lipinski definition) is 2. The zero-order chi connectivity index (χ0) is 10.8. The maximum Gasteiger partial charge on any atom is 0.159 e. The highest BCUT2D eigenvalue weighted by atomic mass is 32.2. The van der Waals surface area contributed by atoms with Gasteiger partial charge >= 0.3 is 0 Å². The minimum absolute atomic E-state index is 0.322. The van der Waals surface area contributed by atoms with E-state index in [1.165, 1.54) is 0 Å². The topological polar surface area (TPSA) is 34.1 Å². The van der Waals surface area contributed by atoms with E-state index in [9.17, 15) is 8.42 Å². The molecule has 0 bridgehead atoms. The quantitative estimate of drug-likeness (QED) is 0.771. The van der Waals surface area contributed by atoms with Crippen LogP contribution in [-0.2, 0) is 9.84 Å². The number of benzene rings is 1. The zero-order valence-corrected chi connectivity index (χ0v) is 9.58. The lowest BCUT2D eigenvalue weighted by molar-refractivity contribution is 0.577. The van der Waals surface area contributed by atoms with Crippen molar-refractivity contribution in [3.8, 4) is 0 Å². The lowest BCUT2D eigenvalue weighted by atomic mass is 10.2. The first-order valence-electron chi connectivity index (χ1n) is 4.74. The molecule has 0 heterocycles. The normalized spacial score (nSPS) is 14.3. The average Bonchev–Trinajstić information content (AvgIpc) is 2.17. The van der Waals surface area contributed by atoms with Gasteiger partial charge in [0, 0.05) is 0 Å². The fraction of sp³-hybridized carbons (Fsp3) is 0.455. The molecule has 1 aromatic carbocycles. The van der Waals surface area contributed by atoms with Gasteiger partial charge in [0.1, 0.15) is 0 Å². The Balaban J connectivity index is 3.03. The summed E-state index contributed by atoms with van der Waals surface area (Å²) in [4.78, 5) is 0. The van der Waals surface area contributed by atoms with Gasteiger partial charge in [-0.1, -0.05) is 30.3 Å². The largest absolute Gasteiger partial charge is 0.228 e. The summed E-state index contributed by atoms with van der Waals surface area (Å²) in [7, 11) is -3.03. The Morgan fingerprint density at radius 1 is 1.00 bits per heavy atom. The van der Waals surface area contributed by atoms with E-state index in [1.54, 1.807) is 20.8 Å². The summed E-state index contributed by atoms with van der Waals surface area (Å²) in [5.41, 5.74) is 0.862. The van der Waals surface area contributed by atoms with E-state index < -0.39 is 15.1 Å². The van der Waals surface area contributed by atoms with E-state index in [1.807, 2.05) is 30.3 Å². The fourth-order valence-electron chi connectivity index (χ4n) is 1.32. The molecule has 0 radical (unpaired) electrons. The molecule has 3 heteroatoms. The Morgan fingerprint density at radius 3 is 1.93 bits per heavy atom. The smallest absolute Gasteiger partial charge is 0.159 e. The Hall–Kier alpha value is -0.830. The van der Waals surface area contributed by atoms with E-state index in [4.69, 9.17) is 0 Å². The van der Waals surface area contributed by atoms with Crippen molar-refractivity contribution < 1.29 is 8.42 Å². The van der Waals surface area contributed by atoms with E-state index in [-0.39, 0.29) is 5.25 Å². The third kappa shape index (κ3) is 2.15. The molecule has 1 unspecified atom stereocenters. The van der Waals surface area contributed by atoms with Gasteiger partial charge in [0.25, 0.3) is 0 Å². The first-order valence-corrected chi connectivity index (χ1v) is 6.35. The molecule has 14 heavy (non-hydrogen) atoms. The summed E-state index contributed by atoms with van der Waals surface area (Å²) in [6, 6.07) is 9.32. The van der Waals surface area contributed by atoms with Crippen LogP contribution in [0.3, 0.4) is 0 Å². The second-order valence-corrected chi connectivity index (χ2v) is 6.52. The summed E-state index contributed by atoms with van der Waals surface area (Å²) in [6.45, 7) is 5.17. The van der Waals surface area contributed by atoms with E-state index in [2.05, 4.69) is 0 Å². The number of sulfone groups is 1. The molecular formula is C11H16O2S. The van der Waals surface area contributed by atoms with Crippen LogP contribution in [0.25, 0.3) is 0 Å². The molecule has 1 atom stereocenters. The summed E-state index contributed by atoms with van der Waals surface area (Å²) < 4.78 is 23.7. The zero-order valence-electron chi connectivity index (χ0n) is 8.77. The van der Waals surface area contributed by atoms with Crippen molar-refractivity contribution in [1.29, 1.82) is 0 Å². The van der Waals surface area contributed by atoms with Gasteiger partial charge in [-0.25, -0.2) is 8.42 Å². The van der Waals surface area contributed by atoms with Crippen LogP contribution < -0.4 is 0 Å². The van der Waals surface area contributed by atoms with Gasteiger partial charge in [0.2, 0.25) is 0 Å². The SMILES string of the molecule is CC(C)S(=O)(=O)C(C)c1ccccc1. The molecule has 78 valence electrons. The number of rotatable bonds is 3. The molecule has 0 saturated carbocycles. The molecule has 1 rings (SSSR count). The van der Waals surface area contributed by atoms with Gasteiger partial charge in [-0.3, -0.25) is 0 Å². The lowest BCUT2D eigenvalue weighted by Gasteiger charge is -2.15. The van der Waals surface area contributed by atoms with Crippen molar-refractivity contribution in [3.05, 3.63) is 35.9 Å². The standard InChI is InChI=1S/C11H16O2S/c1-9(2)14(12,13)10(3)11-7-5-4-6-8-11/h4-10H,1-3H3. The molecule has 0 saturated heterocycles. The first-order chi connectivity index (χ1) is 6.46. The van der Waals surface area contributed by atoms with Crippen LogP contribution in [0.5, 0.6) is 0 Å². The van der Waals surface area contributed by atoms with Gasteiger partial charge in [-0.15, -0.1) is 0 Å². The summed E-state index contributed by atoms with van der Waals surface area (Å²) >= 11 is 0. The van der Waals surface area contributed by atoms with Crippen LogP contribution in [0.2, 0.25) is 0 Å². The third-order valence-corrected chi connectivity index (χ3v) is 4.99. The number of hydrogen-bond donors (Lipinski definition) is 0. The molecule has 0 aliphatic carbocycles. The van der Waals surface area contributed by atoms with Gasteiger partial charge in [0.15, 0.2) is 9.84 Å². The van der Waals surface area contributed by atoms with Gasteiger partial charge in [0.05, 0.1) is 10.5 Å². The molecule has 0 N–H and O–H groups in total. The monoisotopic (exact) mass is 212 g/mol. The highest BCUT2D eigenvalue weighted by Gasteiger charge is 2.25. The van der Waals surface area contributed by atoms with Gasteiger partial charge < -0.3 is 0 Å². The fourth-order valence-corrected chi connectivity index (χ4v) is 2.67. The second-order valence-electron chi connectivity index (χ2n) is 3.69. The molecular weight excluding hydrogens is 196 g/mol. The molecule has 0 spiro atoms. The second kappa shape index (κ2) is 4.13. The molecule has 2 nitrogen and oxygen atoms in total. The van der Waals surface area contributed by atoms with Crippen LogP contribution in [0.15, 0.2) is 30.3 Å². The first kappa shape index (κ1) is 11.2. The van der Waals surface area contributed by atoms with E-state index in [0.717, 1.165) is 5.56 Å². The molecule has 0 aliphatic heterocycles. The predicted octanol–water partition coefficient (Wildman–Crippen LogP) is 2.57. The van der Waals surface area contributed by atoms with Crippen LogP contribution in [0.1, 0.15) is 31.6 Å². The maximum atomic E-state index is 11.8. The van der Waals surface area contributed by atoms with Crippen molar-refractivity contribution in [2.24, 2.45) is 0 Å². The van der Waals surface area contributed by atoms with Crippen molar-refractivity contribution >= 4 is 9.84 Å². The molecule has 0 amide bonds. The maximum absolute atomic E-state index is 11.8. The van der Waals surface area contributed by atoms with Crippen LogP contribution in [-0.4, -0.2) is 13.7 Å². The Bertz CT molecular complexity index is 379. The summed E-state index contributed by atoms with van der Waals surface area (Å²) in [5.74, 6) is 0. The van der Waals surface area contributed by atoms with Crippen molar-refractivity contribution in [2.75, 3.05) is 0 Å². The van der Waals surface area contributed by atoms with Crippen molar-refractivity contribution in [3.63, 3.8) is 0 Å². The van der Waals surface area contributed by atoms with Gasteiger partial charge in [-0.05, 0) is 26.3 Å². The van der Waals surface area contributed by atoms with Crippen LogP contribution >= 0.6 is 0 Å². The Morgan fingerprint density at radius 2 is 1.50 bits per heavy atom. The molecule has 0 aliphatic rings.